The fraction of sp³-hybridized carbons (Fsp3) is 0.429. The maximum absolute atomic E-state index is 10.0. The largest absolute Gasteiger partial charge is 0.508 e. The van der Waals surface area contributed by atoms with Crippen molar-refractivity contribution in [2.45, 2.75) is 59.8 Å². The van der Waals surface area contributed by atoms with Crippen LogP contribution in [0.15, 0.2) is 24.3 Å². The van der Waals surface area contributed by atoms with Crippen LogP contribution in [-0.4, -0.2) is 10.2 Å². The van der Waals surface area contributed by atoms with E-state index in [1.54, 1.807) is 0 Å². The zero-order chi connectivity index (χ0) is 17.1. The minimum Gasteiger partial charge on any atom is -0.508 e. The Labute approximate surface area is 139 Å². The van der Waals surface area contributed by atoms with E-state index in [0.717, 1.165) is 30.4 Å². The summed E-state index contributed by atoms with van der Waals surface area (Å²) in [7, 11) is 0. The Morgan fingerprint density at radius 3 is 1.43 bits per heavy atom. The molecule has 0 aliphatic carbocycles. The van der Waals surface area contributed by atoms with E-state index in [2.05, 4.69) is 32.9 Å². The van der Waals surface area contributed by atoms with Gasteiger partial charge >= 0.3 is 0 Å². The van der Waals surface area contributed by atoms with E-state index in [1.807, 2.05) is 26.0 Å². The lowest BCUT2D eigenvalue weighted by Crippen LogP contribution is -2.09. The molecule has 0 amide bonds. The second-order valence-corrected chi connectivity index (χ2v) is 6.22. The van der Waals surface area contributed by atoms with Gasteiger partial charge in [0.1, 0.15) is 11.5 Å². The standard InChI is InChI=1S/C21H28O2/c1-6-15-13(4)20(22)11-9-18(15)17(8-3)19-10-12-21(23)14(5)16(19)7-2/h9-12,17,22-23H,6-8H2,1-5H3. The van der Waals surface area contributed by atoms with Crippen LogP contribution in [-0.2, 0) is 12.8 Å². The highest BCUT2D eigenvalue weighted by Gasteiger charge is 2.21. The summed E-state index contributed by atoms with van der Waals surface area (Å²) in [5.74, 6) is 1.04. The average Bonchev–Trinajstić information content (AvgIpc) is 2.55. The molecule has 0 saturated carbocycles. The molecule has 0 spiro atoms. The number of hydrogen-bond donors (Lipinski definition) is 2. The second kappa shape index (κ2) is 7.08. The summed E-state index contributed by atoms with van der Waals surface area (Å²) in [6, 6.07) is 7.75. The molecule has 2 nitrogen and oxygen atoms in total. The van der Waals surface area contributed by atoms with Gasteiger partial charge in [0.2, 0.25) is 0 Å². The highest BCUT2D eigenvalue weighted by Crippen LogP contribution is 2.38. The highest BCUT2D eigenvalue weighted by atomic mass is 16.3. The Morgan fingerprint density at radius 1 is 0.739 bits per heavy atom. The molecule has 2 heteroatoms. The smallest absolute Gasteiger partial charge is 0.118 e. The summed E-state index contributed by atoms with van der Waals surface area (Å²) in [6.45, 7) is 10.5. The van der Waals surface area contributed by atoms with Crippen molar-refractivity contribution >= 4 is 0 Å². The van der Waals surface area contributed by atoms with E-state index in [-0.39, 0.29) is 0 Å². The van der Waals surface area contributed by atoms with Gasteiger partial charge in [-0.25, -0.2) is 0 Å². The maximum Gasteiger partial charge on any atom is 0.118 e. The molecular weight excluding hydrogens is 284 g/mol. The molecule has 0 fully saturated rings. The number of aromatic hydroxyl groups is 2. The molecule has 0 atom stereocenters. The van der Waals surface area contributed by atoms with Gasteiger partial charge in [0.05, 0.1) is 0 Å². The van der Waals surface area contributed by atoms with Gasteiger partial charge in [0, 0.05) is 5.92 Å². The van der Waals surface area contributed by atoms with Crippen LogP contribution in [0.25, 0.3) is 0 Å². The van der Waals surface area contributed by atoms with Crippen molar-refractivity contribution in [3.05, 3.63) is 57.6 Å². The van der Waals surface area contributed by atoms with Crippen LogP contribution in [0.5, 0.6) is 11.5 Å². The molecule has 0 aromatic heterocycles. The predicted octanol–water partition coefficient (Wildman–Crippen LogP) is 5.38. The molecule has 0 heterocycles. The number of phenols is 2. The predicted molar refractivity (Wildman–Crippen MR) is 96.6 cm³/mol. The second-order valence-electron chi connectivity index (χ2n) is 6.22. The summed E-state index contributed by atoms with van der Waals surface area (Å²) < 4.78 is 0. The normalized spacial score (nSPS) is 11.2. The zero-order valence-electron chi connectivity index (χ0n) is 14.9. The number of rotatable bonds is 5. The van der Waals surface area contributed by atoms with Crippen molar-refractivity contribution in [2.24, 2.45) is 0 Å². The van der Waals surface area contributed by atoms with Crippen LogP contribution in [0.3, 0.4) is 0 Å². The van der Waals surface area contributed by atoms with E-state index in [1.165, 1.54) is 22.3 Å². The maximum atomic E-state index is 10.0. The van der Waals surface area contributed by atoms with Crippen LogP contribution < -0.4 is 0 Å². The molecule has 2 rings (SSSR count). The van der Waals surface area contributed by atoms with E-state index >= 15 is 0 Å². The molecule has 0 aliphatic heterocycles. The van der Waals surface area contributed by atoms with Gasteiger partial charge in [-0.1, -0.05) is 32.9 Å². The molecule has 23 heavy (non-hydrogen) atoms. The third-order valence-corrected chi connectivity index (χ3v) is 5.08. The summed E-state index contributed by atoms with van der Waals surface area (Å²) in [5, 5.41) is 20.1. The Bertz CT molecular complexity index is 642. The van der Waals surface area contributed by atoms with Crippen LogP contribution >= 0.6 is 0 Å². The Balaban J connectivity index is 2.67. The van der Waals surface area contributed by atoms with Crippen LogP contribution in [0.4, 0.5) is 0 Å². The monoisotopic (exact) mass is 312 g/mol. The number of phenolic OH excluding ortho intramolecular Hbond substituents is 2. The van der Waals surface area contributed by atoms with Crippen molar-refractivity contribution < 1.29 is 10.2 Å². The van der Waals surface area contributed by atoms with Crippen molar-refractivity contribution in [1.29, 1.82) is 0 Å². The average molecular weight is 312 g/mol. The van der Waals surface area contributed by atoms with E-state index < -0.39 is 0 Å². The molecule has 2 aromatic carbocycles. The molecule has 2 aromatic rings. The first-order valence-corrected chi connectivity index (χ1v) is 8.58. The van der Waals surface area contributed by atoms with Crippen molar-refractivity contribution in [1.82, 2.24) is 0 Å². The van der Waals surface area contributed by atoms with Gasteiger partial charge in [0.25, 0.3) is 0 Å². The SMILES string of the molecule is CCc1c(C(CC)c2ccc(O)c(C)c2CC)ccc(O)c1C. The van der Waals surface area contributed by atoms with E-state index in [4.69, 9.17) is 0 Å². The van der Waals surface area contributed by atoms with Gasteiger partial charge in [-0.15, -0.1) is 0 Å². The Morgan fingerprint density at radius 2 is 1.13 bits per heavy atom. The van der Waals surface area contributed by atoms with E-state index in [0.29, 0.717) is 17.4 Å². The van der Waals surface area contributed by atoms with Crippen molar-refractivity contribution in [3.8, 4) is 11.5 Å². The summed E-state index contributed by atoms with van der Waals surface area (Å²) in [6.07, 6.45) is 2.81. The molecule has 0 unspecified atom stereocenters. The Hall–Kier alpha value is -1.96. The number of benzene rings is 2. The molecule has 0 radical (unpaired) electrons. The first-order chi connectivity index (χ1) is 11.0. The van der Waals surface area contributed by atoms with Gasteiger partial charge < -0.3 is 10.2 Å². The minimum atomic E-state index is 0.290. The van der Waals surface area contributed by atoms with Crippen molar-refractivity contribution in [3.63, 3.8) is 0 Å². The lowest BCUT2D eigenvalue weighted by molar-refractivity contribution is 0.469. The quantitative estimate of drug-likeness (QED) is 0.778. The Kier molecular flexibility index (Phi) is 5.35. The minimum absolute atomic E-state index is 0.290. The van der Waals surface area contributed by atoms with Gasteiger partial charge in [-0.05, 0) is 78.6 Å². The fourth-order valence-electron chi connectivity index (χ4n) is 3.73. The van der Waals surface area contributed by atoms with E-state index in [9.17, 15) is 10.2 Å². The molecular formula is C21H28O2. The molecule has 0 saturated heterocycles. The van der Waals surface area contributed by atoms with Crippen LogP contribution in [0.2, 0.25) is 0 Å². The molecule has 124 valence electrons. The lowest BCUT2D eigenvalue weighted by Gasteiger charge is -2.24. The summed E-state index contributed by atoms with van der Waals surface area (Å²) in [4.78, 5) is 0. The highest BCUT2D eigenvalue weighted by molar-refractivity contribution is 5.52. The fourth-order valence-corrected chi connectivity index (χ4v) is 3.73. The van der Waals surface area contributed by atoms with Gasteiger partial charge in [-0.3, -0.25) is 0 Å². The first-order valence-electron chi connectivity index (χ1n) is 8.58. The van der Waals surface area contributed by atoms with Crippen LogP contribution in [0, 0.1) is 13.8 Å². The van der Waals surface area contributed by atoms with Crippen LogP contribution in [0.1, 0.15) is 66.5 Å². The third kappa shape index (κ3) is 3.08. The van der Waals surface area contributed by atoms with Gasteiger partial charge in [-0.2, -0.15) is 0 Å². The first kappa shape index (κ1) is 17.4. The number of hydrogen-bond acceptors (Lipinski definition) is 2. The zero-order valence-corrected chi connectivity index (χ0v) is 14.9. The topological polar surface area (TPSA) is 40.5 Å². The third-order valence-electron chi connectivity index (χ3n) is 5.08. The molecule has 0 bridgehead atoms. The molecule has 0 aliphatic rings. The molecule has 2 N–H and O–H groups in total. The van der Waals surface area contributed by atoms with Gasteiger partial charge in [0.15, 0.2) is 0 Å². The van der Waals surface area contributed by atoms with Crippen molar-refractivity contribution in [2.75, 3.05) is 0 Å². The summed E-state index contributed by atoms with van der Waals surface area (Å²) in [5.41, 5.74) is 7.04. The summed E-state index contributed by atoms with van der Waals surface area (Å²) >= 11 is 0. The lowest BCUT2D eigenvalue weighted by atomic mass is 9.80.